The Balaban J connectivity index is 2.03. The van der Waals surface area contributed by atoms with Crippen LogP contribution in [0.4, 0.5) is 0 Å². The lowest BCUT2D eigenvalue weighted by atomic mass is 9.97. The molecule has 3 heterocycles. The average molecular weight is 125 g/mol. The molecule has 0 spiro atoms. The predicted molar refractivity (Wildman–Crippen MR) is 36.4 cm³/mol. The molecule has 0 aromatic carbocycles. The number of nitrogens with zero attached hydrogens (tertiary/aromatic N) is 1. The van der Waals surface area contributed by atoms with E-state index in [0.29, 0.717) is 6.04 Å². The van der Waals surface area contributed by atoms with Crippen molar-refractivity contribution < 1.29 is 0 Å². The molecule has 9 heavy (non-hydrogen) atoms. The average Bonchev–Trinajstić information content (AvgIpc) is 2.21. The summed E-state index contributed by atoms with van der Waals surface area (Å²) in [5.74, 6) is 0.865. The van der Waals surface area contributed by atoms with E-state index in [4.69, 9.17) is 0 Å². The van der Waals surface area contributed by atoms with Crippen LogP contribution in [0, 0.1) is 5.92 Å². The fourth-order valence-electron chi connectivity index (χ4n) is 1.70. The molecule has 1 radical (unpaired) electrons. The zero-order chi connectivity index (χ0) is 6.10. The monoisotopic (exact) mass is 125 g/mol. The van der Waals surface area contributed by atoms with Gasteiger partial charge in [-0.2, -0.15) is 0 Å². The molecular weight excluding hydrogens is 112 g/mol. The Kier molecular flexibility index (Phi) is 1.44. The molecule has 51 valence electrons. The van der Waals surface area contributed by atoms with Crippen molar-refractivity contribution in [3.8, 4) is 0 Å². The maximum atomic E-state index is 4.53. The third kappa shape index (κ3) is 1.10. The lowest BCUT2D eigenvalue weighted by Crippen LogP contribution is -2.32. The lowest BCUT2D eigenvalue weighted by molar-refractivity contribution is 0.352. The van der Waals surface area contributed by atoms with E-state index in [1.54, 1.807) is 0 Å². The van der Waals surface area contributed by atoms with Crippen molar-refractivity contribution in [1.29, 1.82) is 0 Å². The number of piperidine rings is 1. The van der Waals surface area contributed by atoms with Crippen LogP contribution in [0.3, 0.4) is 0 Å². The van der Waals surface area contributed by atoms with Crippen molar-refractivity contribution in [1.82, 2.24) is 10.6 Å². The molecule has 2 unspecified atom stereocenters. The Morgan fingerprint density at radius 2 is 2.22 bits per heavy atom. The number of rotatable bonds is 0. The topological polar surface area (TPSA) is 26.1 Å². The standard InChI is InChI=1S/C7H13N2/c1-2-7-5-8-3-6(1)4-9-7/h6-8H,1-5H2. The van der Waals surface area contributed by atoms with Crippen molar-refractivity contribution in [2.75, 3.05) is 19.6 Å². The summed E-state index contributed by atoms with van der Waals surface area (Å²) >= 11 is 0. The SMILES string of the molecule is C1CC2CNCC1C[N]2. The number of hydrogen-bond donors (Lipinski definition) is 1. The Bertz CT molecular complexity index is 77.6. The van der Waals surface area contributed by atoms with Gasteiger partial charge in [-0.1, -0.05) is 0 Å². The Hall–Kier alpha value is -0.0800. The molecule has 2 bridgehead atoms. The highest BCUT2D eigenvalue weighted by Gasteiger charge is 2.24. The zero-order valence-corrected chi connectivity index (χ0v) is 5.64. The van der Waals surface area contributed by atoms with Gasteiger partial charge in [0.05, 0.1) is 0 Å². The van der Waals surface area contributed by atoms with Gasteiger partial charge in [0.15, 0.2) is 0 Å². The van der Waals surface area contributed by atoms with E-state index in [9.17, 15) is 0 Å². The Morgan fingerprint density at radius 1 is 1.22 bits per heavy atom. The summed E-state index contributed by atoms with van der Waals surface area (Å²) < 4.78 is 0. The summed E-state index contributed by atoms with van der Waals surface area (Å²) in [5.41, 5.74) is 0. The van der Waals surface area contributed by atoms with Crippen molar-refractivity contribution in [2.45, 2.75) is 18.9 Å². The maximum Gasteiger partial charge on any atom is 0.0371 e. The number of hydrogen-bond acceptors (Lipinski definition) is 1. The van der Waals surface area contributed by atoms with Crippen LogP contribution in [-0.2, 0) is 0 Å². The van der Waals surface area contributed by atoms with Gasteiger partial charge in [0.2, 0.25) is 0 Å². The highest BCUT2D eigenvalue weighted by Crippen LogP contribution is 2.17. The van der Waals surface area contributed by atoms with Crippen molar-refractivity contribution in [3.63, 3.8) is 0 Å². The number of nitrogens with one attached hydrogen (secondary N) is 1. The molecule has 2 heteroatoms. The first kappa shape index (κ1) is 5.69. The van der Waals surface area contributed by atoms with Gasteiger partial charge in [0.1, 0.15) is 0 Å². The summed E-state index contributed by atoms with van der Waals surface area (Å²) in [6.07, 6.45) is 2.73. The van der Waals surface area contributed by atoms with E-state index in [2.05, 4.69) is 10.6 Å². The Labute approximate surface area is 56.0 Å². The summed E-state index contributed by atoms with van der Waals surface area (Å²) in [4.78, 5) is 0. The van der Waals surface area contributed by atoms with Gasteiger partial charge >= 0.3 is 0 Å². The molecule has 1 N–H and O–H groups in total. The van der Waals surface area contributed by atoms with E-state index in [-0.39, 0.29) is 0 Å². The van der Waals surface area contributed by atoms with Crippen LogP contribution >= 0.6 is 0 Å². The minimum Gasteiger partial charge on any atom is -0.315 e. The second kappa shape index (κ2) is 2.27. The summed E-state index contributed by atoms with van der Waals surface area (Å²) in [5, 5.41) is 7.94. The first-order valence-corrected chi connectivity index (χ1v) is 3.82. The van der Waals surface area contributed by atoms with Gasteiger partial charge in [0, 0.05) is 19.1 Å². The normalized spacial score (nSPS) is 42.7. The molecule has 3 fully saturated rings. The Morgan fingerprint density at radius 3 is 3.00 bits per heavy atom. The molecule has 0 amide bonds. The van der Waals surface area contributed by atoms with Crippen molar-refractivity contribution in [3.05, 3.63) is 0 Å². The van der Waals surface area contributed by atoms with Crippen LogP contribution in [0.15, 0.2) is 0 Å². The molecule has 3 aliphatic rings. The summed E-state index contributed by atoms with van der Waals surface area (Å²) in [6, 6.07) is 0.656. The van der Waals surface area contributed by atoms with Crippen molar-refractivity contribution in [2.24, 2.45) is 5.92 Å². The fourth-order valence-corrected chi connectivity index (χ4v) is 1.70. The first-order chi connectivity index (χ1) is 4.45. The van der Waals surface area contributed by atoms with E-state index >= 15 is 0 Å². The van der Waals surface area contributed by atoms with Gasteiger partial charge in [-0.05, 0) is 25.3 Å². The first-order valence-electron chi connectivity index (χ1n) is 3.82. The van der Waals surface area contributed by atoms with Crippen molar-refractivity contribution >= 4 is 0 Å². The maximum absolute atomic E-state index is 4.53. The third-order valence-electron chi connectivity index (χ3n) is 2.34. The molecule has 2 nitrogen and oxygen atoms in total. The van der Waals surface area contributed by atoms with Crippen LogP contribution in [0.2, 0.25) is 0 Å². The van der Waals surface area contributed by atoms with Gasteiger partial charge in [-0.3, -0.25) is 0 Å². The van der Waals surface area contributed by atoms with Gasteiger partial charge in [-0.25, -0.2) is 5.32 Å². The minimum absolute atomic E-state index is 0.656. The molecule has 0 aromatic rings. The largest absolute Gasteiger partial charge is 0.315 e. The van der Waals surface area contributed by atoms with E-state index < -0.39 is 0 Å². The van der Waals surface area contributed by atoms with E-state index in [1.165, 1.54) is 19.4 Å². The van der Waals surface area contributed by atoms with E-state index in [0.717, 1.165) is 19.0 Å². The molecule has 0 aliphatic carbocycles. The molecular formula is C7H13N2. The molecule has 3 rings (SSSR count). The molecule has 3 saturated heterocycles. The van der Waals surface area contributed by atoms with Gasteiger partial charge < -0.3 is 5.32 Å². The molecule has 0 saturated carbocycles. The second-order valence-electron chi connectivity index (χ2n) is 3.12. The van der Waals surface area contributed by atoms with Crippen LogP contribution < -0.4 is 10.6 Å². The fraction of sp³-hybridized carbons (Fsp3) is 1.00. The molecule has 0 aromatic heterocycles. The predicted octanol–water partition coefficient (Wildman–Crippen LogP) is -0.0274. The number of fused-ring (bicyclic) bond motifs is 4. The van der Waals surface area contributed by atoms with Crippen LogP contribution in [0.25, 0.3) is 0 Å². The zero-order valence-electron chi connectivity index (χ0n) is 5.64. The molecule has 2 atom stereocenters. The summed E-state index contributed by atoms with van der Waals surface area (Å²) in [7, 11) is 0. The highest BCUT2D eigenvalue weighted by atomic mass is 15.0. The van der Waals surface area contributed by atoms with Gasteiger partial charge in [-0.15, -0.1) is 0 Å². The quantitative estimate of drug-likeness (QED) is 0.483. The van der Waals surface area contributed by atoms with Crippen LogP contribution in [0.1, 0.15) is 12.8 Å². The second-order valence-corrected chi connectivity index (χ2v) is 3.12. The van der Waals surface area contributed by atoms with Crippen LogP contribution in [0.5, 0.6) is 0 Å². The third-order valence-corrected chi connectivity index (χ3v) is 2.34. The highest BCUT2D eigenvalue weighted by molar-refractivity contribution is 4.84. The van der Waals surface area contributed by atoms with E-state index in [1.807, 2.05) is 0 Å². The minimum atomic E-state index is 0.656. The van der Waals surface area contributed by atoms with Gasteiger partial charge in [0.25, 0.3) is 0 Å². The lowest BCUT2D eigenvalue weighted by Gasteiger charge is -2.21. The smallest absolute Gasteiger partial charge is 0.0371 e. The molecule has 3 aliphatic heterocycles. The van der Waals surface area contributed by atoms with Crippen LogP contribution in [-0.4, -0.2) is 25.7 Å². The summed E-state index contributed by atoms with van der Waals surface area (Å²) in [6.45, 7) is 3.47.